The summed E-state index contributed by atoms with van der Waals surface area (Å²) in [6, 6.07) is -0.542. The molecule has 0 bridgehead atoms. The Balaban J connectivity index is 2.47. The first kappa shape index (κ1) is 7.80. The van der Waals surface area contributed by atoms with Crippen molar-refractivity contribution in [2.45, 2.75) is 6.23 Å². The molecule has 0 aromatic carbocycles. The van der Waals surface area contributed by atoms with Gasteiger partial charge in [0.05, 0.1) is 6.54 Å². The Morgan fingerprint density at radius 2 is 2.45 bits per heavy atom. The maximum Gasteiger partial charge on any atom is 0.323 e. The SMILES string of the molecule is O=C(O)CN1CC(O)NC1=O. The van der Waals surface area contributed by atoms with Crippen molar-refractivity contribution in [1.29, 1.82) is 0 Å². The van der Waals surface area contributed by atoms with Crippen molar-refractivity contribution in [2.24, 2.45) is 0 Å². The van der Waals surface area contributed by atoms with E-state index in [9.17, 15) is 9.59 Å². The number of β-amino-alcohol motifs (C(OH)–C–C–N with tert-alkyl or cyclic N) is 1. The largest absolute Gasteiger partial charge is 0.480 e. The third-order valence-electron chi connectivity index (χ3n) is 1.30. The van der Waals surface area contributed by atoms with E-state index in [1.165, 1.54) is 0 Å². The Bertz CT molecular complexity index is 193. The predicted molar refractivity (Wildman–Crippen MR) is 33.7 cm³/mol. The standard InChI is InChI=1S/C5H8N2O4/c8-3-1-7(2-4(9)10)5(11)6-3/h3,8H,1-2H2,(H,6,11)(H,9,10). The number of nitrogens with zero attached hydrogens (tertiary/aromatic N) is 1. The van der Waals surface area contributed by atoms with Gasteiger partial charge in [-0.2, -0.15) is 0 Å². The van der Waals surface area contributed by atoms with Crippen molar-refractivity contribution in [3.8, 4) is 0 Å². The second-order valence-corrected chi connectivity index (χ2v) is 2.24. The summed E-state index contributed by atoms with van der Waals surface area (Å²) < 4.78 is 0. The fourth-order valence-electron chi connectivity index (χ4n) is 0.871. The van der Waals surface area contributed by atoms with E-state index in [2.05, 4.69) is 5.32 Å². The van der Waals surface area contributed by atoms with Crippen LogP contribution in [0.1, 0.15) is 0 Å². The van der Waals surface area contributed by atoms with Crippen molar-refractivity contribution < 1.29 is 19.8 Å². The number of hydrogen-bond acceptors (Lipinski definition) is 3. The van der Waals surface area contributed by atoms with Gasteiger partial charge < -0.3 is 20.4 Å². The minimum Gasteiger partial charge on any atom is -0.480 e. The lowest BCUT2D eigenvalue weighted by Gasteiger charge is -2.08. The summed E-state index contributed by atoms with van der Waals surface area (Å²) in [4.78, 5) is 21.8. The lowest BCUT2D eigenvalue weighted by atomic mass is 10.5. The third-order valence-corrected chi connectivity index (χ3v) is 1.30. The number of aliphatic carboxylic acids is 1. The van der Waals surface area contributed by atoms with Gasteiger partial charge >= 0.3 is 12.0 Å². The van der Waals surface area contributed by atoms with Crippen molar-refractivity contribution >= 4 is 12.0 Å². The van der Waals surface area contributed by atoms with E-state index in [0.29, 0.717) is 0 Å². The smallest absolute Gasteiger partial charge is 0.323 e. The Labute approximate surface area is 62.4 Å². The fourth-order valence-corrected chi connectivity index (χ4v) is 0.871. The molecule has 0 saturated carbocycles. The maximum absolute atomic E-state index is 10.7. The quantitative estimate of drug-likeness (QED) is 0.454. The second-order valence-electron chi connectivity index (χ2n) is 2.24. The van der Waals surface area contributed by atoms with Gasteiger partial charge in [0.1, 0.15) is 12.8 Å². The third kappa shape index (κ3) is 1.81. The average molecular weight is 160 g/mol. The number of nitrogens with one attached hydrogen (secondary N) is 1. The van der Waals surface area contributed by atoms with Gasteiger partial charge in [-0.25, -0.2) is 4.79 Å². The van der Waals surface area contributed by atoms with Crippen LogP contribution in [-0.4, -0.2) is 46.4 Å². The highest BCUT2D eigenvalue weighted by Gasteiger charge is 2.27. The van der Waals surface area contributed by atoms with Gasteiger partial charge in [0.2, 0.25) is 0 Å². The number of carboxylic acid groups (broad SMARTS) is 1. The lowest BCUT2D eigenvalue weighted by molar-refractivity contribution is -0.137. The van der Waals surface area contributed by atoms with Gasteiger partial charge in [-0.05, 0) is 0 Å². The van der Waals surface area contributed by atoms with Crippen LogP contribution in [-0.2, 0) is 4.79 Å². The van der Waals surface area contributed by atoms with Crippen molar-refractivity contribution in [3.63, 3.8) is 0 Å². The van der Waals surface area contributed by atoms with E-state index < -0.39 is 18.2 Å². The number of urea groups is 1. The molecule has 0 spiro atoms. The van der Waals surface area contributed by atoms with Gasteiger partial charge in [0.15, 0.2) is 0 Å². The minimum atomic E-state index is -1.09. The topological polar surface area (TPSA) is 89.9 Å². The molecular formula is C5H8N2O4. The monoisotopic (exact) mass is 160 g/mol. The Morgan fingerprint density at radius 3 is 2.82 bits per heavy atom. The molecule has 1 aliphatic rings. The number of carbonyl (C=O) groups excluding carboxylic acids is 1. The van der Waals surface area contributed by atoms with Gasteiger partial charge in [-0.3, -0.25) is 4.79 Å². The van der Waals surface area contributed by atoms with Gasteiger partial charge in [-0.15, -0.1) is 0 Å². The summed E-state index contributed by atoms with van der Waals surface area (Å²) in [6.45, 7) is -0.339. The predicted octanol–water partition coefficient (Wildman–Crippen LogP) is -1.59. The Hall–Kier alpha value is -1.30. The molecule has 1 saturated heterocycles. The second kappa shape index (κ2) is 2.75. The minimum absolute atomic E-state index is 0.0329. The highest BCUT2D eigenvalue weighted by molar-refractivity contribution is 5.81. The average Bonchev–Trinajstić information content (AvgIpc) is 2.09. The number of rotatable bonds is 2. The zero-order valence-electron chi connectivity index (χ0n) is 5.65. The summed E-state index contributed by atoms with van der Waals surface area (Å²) in [6.07, 6.45) is -0.943. The van der Waals surface area contributed by atoms with Crippen LogP contribution in [0, 0.1) is 0 Å². The first-order valence-corrected chi connectivity index (χ1v) is 3.05. The number of carboxylic acids is 1. The zero-order valence-corrected chi connectivity index (χ0v) is 5.65. The number of carbonyl (C=O) groups is 2. The highest BCUT2D eigenvalue weighted by Crippen LogP contribution is 1.99. The van der Waals surface area contributed by atoms with E-state index in [0.717, 1.165) is 4.90 Å². The molecule has 0 radical (unpaired) electrons. The Kier molecular flexibility index (Phi) is 1.95. The first-order valence-electron chi connectivity index (χ1n) is 3.05. The van der Waals surface area contributed by atoms with Crippen molar-refractivity contribution in [3.05, 3.63) is 0 Å². The summed E-state index contributed by atoms with van der Waals surface area (Å²) in [5.41, 5.74) is 0. The van der Waals surface area contributed by atoms with Crippen LogP contribution in [0.25, 0.3) is 0 Å². The number of hydrogen-bond donors (Lipinski definition) is 3. The van der Waals surface area contributed by atoms with E-state index in [4.69, 9.17) is 10.2 Å². The molecule has 11 heavy (non-hydrogen) atoms. The molecule has 1 rings (SSSR count). The van der Waals surface area contributed by atoms with Gasteiger partial charge in [0.25, 0.3) is 0 Å². The van der Waals surface area contributed by atoms with Crippen LogP contribution in [0.4, 0.5) is 4.79 Å². The summed E-state index contributed by atoms with van der Waals surface area (Å²) >= 11 is 0. The molecule has 1 heterocycles. The summed E-state index contributed by atoms with van der Waals surface area (Å²) in [5.74, 6) is -1.09. The number of amides is 2. The number of aliphatic hydroxyl groups excluding tert-OH is 1. The Morgan fingerprint density at radius 1 is 1.82 bits per heavy atom. The van der Waals surface area contributed by atoms with Gasteiger partial charge in [0, 0.05) is 0 Å². The maximum atomic E-state index is 10.7. The fraction of sp³-hybridized carbons (Fsp3) is 0.600. The van der Waals surface area contributed by atoms with Crippen LogP contribution >= 0.6 is 0 Å². The molecule has 1 fully saturated rings. The van der Waals surface area contributed by atoms with E-state index in [1.54, 1.807) is 0 Å². The van der Waals surface area contributed by atoms with Crippen molar-refractivity contribution in [1.82, 2.24) is 10.2 Å². The molecule has 1 unspecified atom stereocenters. The summed E-state index contributed by atoms with van der Waals surface area (Å²) in [7, 11) is 0. The molecule has 2 amide bonds. The molecule has 0 aromatic heterocycles. The first-order chi connectivity index (χ1) is 5.09. The van der Waals surface area contributed by atoms with Crippen LogP contribution in [0.15, 0.2) is 0 Å². The molecule has 6 heteroatoms. The molecule has 6 nitrogen and oxygen atoms in total. The van der Waals surface area contributed by atoms with Gasteiger partial charge in [-0.1, -0.05) is 0 Å². The molecule has 0 aromatic rings. The van der Waals surface area contributed by atoms with Crippen LogP contribution in [0.3, 0.4) is 0 Å². The van der Waals surface area contributed by atoms with Crippen LogP contribution in [0.5, 0.6) is 0 Å². The zero-order chi connectivity index (χ0) is 8.43. The molecule has 1 aliphatic heterocycles. The van der Waals surface area contributed by atoms with E-state index in [-0.39, 0.29) is 13.1 Å². The summed E-state index contributed by atoms with van der Waals surface area (Å²) in [5, 5.41) is 19.2. The number of aliphatic hydroxyl groups is 1. The van der Waals surface area contributed by atoms with Crippen LogP contribution in [0.2, 0.25) is 0 Å². The van der Waals surface area contributed by atoms with Crippen LogP contribution < -0.4 is 5.32 Å². The lowest BCUT2D eigenvalue weighted by Crippen LogP contribution is -2.32. The van der Waals surface area contributed by atoms with Crippen molar-refractivity contribution in [2.75, 3.05) is 13.1 Å². The molecule has 62 valence electrons. The molecule has 1 atom stereocenters. The molecular weight excluding hydrogens is 152 g/mol. The molecule has 0 aliphatic carbocycles. The van der Waals surface area contributed by atoms with E-state index in [1.807, 2.05) is 0 Å². The normalized spacial score (nSPS) is 23.5. The molecule has 3 N–H and O–H groups in total. The van der Waals surface area contributed by atoms with E-state index >= 15 is 0 Å². The highest BCUT2D eigenvalue weighted by atomic mass is 16.4.